The zero-order valence-electron chi connectivity index (χ0n) is 14.7. The Balaban J connectivity index is 2.09. The molecule has 2 N–H and O–H groups in total. The summed E-state index contributed by atoms with van der Waals surface area (Å²) < 4.78 is 25.3. The maximum absolute atomic E-state index is 12.4. The van der Waals surface area contributed by atoms with Crippen LogP contribution >= 0.6 is 0 Å². The summed E-state index contributed by atoms with van der Waals surface area (Å²) >= 11 is 0. The van der Waals surface area contributed by atoms with Crippen molar-refractivity contribution in [2.45, 2.75) is 26.2 Å². The van der Waals surface area contributed by atoms with Gasteiger partial charge in [-0.25, -0.2) is 8.42 Å². The molecule has 1 amide bonds. The summed E-state index contributed by atoms with van der Waals surface area (Å²) in [5.41, 5.74) is 2.80. The molecule has 0 bridgehead atoms. The largest absolute Gasteiger partial charge is 0.351 e. The quantitative estimate of drug-likeness (QED) is 0.795. The lowest BCUT2D eigenvalue weighted by molar-refractivity contribution is 0.0951. The maximum atomic E-state index is 12.4. The Morgan fingerprint density at radius 1 is 1.12 bits per heavy atom. The van der Waals surface area contributed by atoms with E-state index in [0.717, 1.165) is 18.2 Å². The predicted molar refractivity (Wildman–Crippen MR) is 101 cm³/mol. The van der Waals surface area contributed by atoms with Crippen LogP contribution in [0.1, 0.15) is 40.7 Å². The average Bonchev–Trinajstić information content (AvgIpc) is 2.57. The van der Waals surface area contributed by atoms with Gasteiger partial charge in [-0.2, -0.15) is 0 Å². The first-order valence-electron chi connectivity index (χ1n) is 8.21. The molecule has 5 nitrogen and oxygen atoms in total. The first kappa shape index (κ1) is 19.0. The lowest BCUT2D eigenvalue weighted by atomic mass is 9.96. The van der Waals surface area contributed by atoms with Gasteiger partial charge < -0.3 is 5.32 Å². The number of rotatable bonds is 7. The van der Waals surface area contributed by atoms with Crippen molar-refractivity contribution in [1.29, 1.82) is 0 Å². The third kappa shape index (κ3) is 5.60. The average molecular weight is 360 g/mol. The van der Waals surface area contributed by atoms with Crippen molar-refractivity contribution in [2.24, 2.45) is 0 Å². The lowest BCUT2D eigenvalue weighted by Gasteiger charge is -2.16. The van der Waals surface area contributed by atoms with Crippen molar-refractivity contribution in [1.82, 2.24) is 5.32 Å². The second-order valence-corrected chi connectivity index (χ2v) is 7.88. The van der Waals surface area contributed by atoms with Gasteiger partial charge in [0.1, 0.15) is 0 Å². The number of benzene rings is 2. The summed E-state index contributed by atoms with van der Waals surface area (Å²) in [6, 6.07) is 15.1. The maximum Gasteiger partial charge on any atom is 0.251 e. The van der Waals surface area contributed by atoms with Gasteiger partial charge in [0.05, 0.1) is 11.9 Å². The van der Waals surface area contributed by atoms with Crippen LogP contribution in [0.2, 0.25) is 0 Å². The van der Waals surface area contributed by atoms with Gasteiger partial charge in [0.2, 0.25) is 10.0 Å². The number of hydrogen-bond donors (Lipinski definition) is 2. The fraction of sp³-hybridized carbons (Fsp3) is 0.316. The van der Waals surface area contributed by atoms with E-state index in [1.54, 1.807) is 25.1 Å². The molecular formula is C19H24N2O3S. The van der Waals surface area contributed by atoms with Crippen molar-refractivity contribution in [2.75, 3.05) is 17.5 Å². The molecule has 2 rings (SSSR count). The van der Waals surface area contributed by atoms with E-state index in [0.29, 0.717) is 17.8 Å². The van der Waals surface area contributed by atoms with Crippen molar-refractivity contribution in [3.8, 4) is 0 Å². The highest BCUT2D eigenvalue weighted by molar-refractivity contribution is 7.92. The van der Waals surface area contributed by atoms with Gasteiger partial charge in [0, 0.05) is 18.0 Å². The molecular weight excluding hydrogens is 336 g/mol. The molecule has 1 unspecified atom stereocenters. The van der Waals surface area contributed by atoms with Crippen LogP contribution in [0.25, 0.3) is 0 Å². The Morgan fingerprint density at radius 2 is 1.80 bits per heavy atom. The second kappa shape index (κ2) is 8.16. The number of anilines is 1. The normalized spacial score (nSPS) is 12.4. The molecule has 2 aromatic carbocycles. The Morgan fingerprint density at radius 3 is 2.40 bits per heavy atom. The summed E-state index contributed by atoms with van der Waals surface area (Å²) in [5.74, 6) is 0.0233. The summed E-state index contributed by atoms with van der Waals surface area (Å²) in [7, 11) is -3.39. The highest BCUT2D eigenvalue weighted by Gasteiger charge is 2.14. The zero-order valence-corrected chi connectivity index (χ0v) is 15.6. The van der Waals surface area contributed by atoms with E-state index in [9.17, 15) is 13.2 Å². The van der Waals surface area contributed by atoms with Gasteiger partial charge in [0.15, 0.2) is 0 Å². The van der Waals surface area contributed by atoms with Gasteiger partial charge in [-0.05, 0) is 36.6 Å². The molecule has 0 fully saturated rings. The third-order valence-electron chi connectivity index (χ3n) is 4.07. The Bertz CT molecular complexity index is 833. The van der Waals surface area contributed by atoms with Gasteiger partial charge in [-0.15, -0.1) is 0 Å². The molecule has 0 aliphatic heterocycles. The number of amides is 1. The van der Waals surface area contributed by atoms with E-state index in [-0.39, 0.29) is 11.8 Å². The van der Waals surface area contributed by atoms with Crippen molar-refractivity contribution >= 4 is 21.6 Å². The van der Waals surface area contributed by atoms with Crippen LogP contribution < -0.4 is 10.0 Å². The number of aryl methyl sites for hydroxylation is 1. The van der Waals surface area contributed by atoms with E-state index < -0.39 is 10.0 Å². The SMILES string of the molecule is CCC(CNC(=O)c1ccc(C)c(NS(C)(=O)=O)c1)c1ccccc1. The number of carbonyl (C=O) groups excluding carboxylic acids is 1. The molecule has 0 saturated carbocycles. The molecule has 0 aliphatic carbocycles. The van der Waals surface area contributed by atoms with E-state index in [2.05, 4.69) is 29.1 Å². The van der Waals surface area contributed by atoms with Crippen molar-refractivity contribution in [3.63, 3.8) is 0 Å². The minimum absolute atomic E-state index is 0.217. The number of carbonyl (C=O) groups is 1. The summed E-state index contributed by atoms with van der Waals surface area (Å²) in [6.07, 6.45) is 2.00. The van der Waals surface area contributed by atoms with Gasteiger partial charge in [0.25, 0.3) is 5.91 Å². The Hall–Kier alpha value is -2.34. The zero-order chi connectivity index (χ0) is 18.4. The highest BCUT2D eigenvalue weighted by atomic mass is 32.2. The van der Waals surface area contributed by atoms with Crippen LogP contribution in [-0.4, -0.2) is 27.1 Å². The first-order chi connectivity index (χ1) is 11.8. The van der Waals surface area contributed by atoms with Crippen LogP contribution in [-0.2, 0) is 10.0 Å². The molecule has 25 heavy (non-hydrogen) atoms. The fourth-order valence-corrected chi connectivity index (χ4v) is 3.23. The number of sulfonamides is 1. The molecule has 0 spiro atoms. The molecule has 0 aromatic heterocycles. The van der Waals surface area contributed by atoms with Gasteiger partial charge in [-0.3, -0.25) is 9.52 Å². The first-order valence-corrected chi connectivity index (χ1v) is 10.1. The second-order valence-electron chi connectivity index (χ2n) is 6.13. The van der Waals surface area contributed by atoms with E-state index in [4.69, 9.17) is 0 Å². The molecule has 0 saturated heterocycles. The molecule has 6 heteroatoms. The minimum Gasteiger partial charge on any atom is -0.351 e. The fourth-order valence-electron chi connectivity index (χ4n) is 2.61. The molecule has 0 aliphatic rings. The van der Waals surface area contributed by atoms with Gasteiger partial charge in [-0.1, -0.05) is 43.3 Å². The predicted octanol–water partition coefficient (Wildman–Crippen LogP) is 3.29. The summed E-state index contributed by atoms with van der Waals surface area (Å²) in [4.78, 5) is 12.4. The van der Waals surface area contributed by atoms with E-state index >= 15 is 0 Å². The van der Waals surface area contributed by atoms with Crippen molar-refractivity contribution in [3.05, 3.63) is 65.2 Å². The lowest BCUT2D eigenvalue weighted by Crippen LogP contribution is -2.28. The minimum atomic E-state index is -3.39. The molecule has 134 valence electrons. The molecule has 2 aromatic rings. The Labute approximate surface area is 149 Å². The van der Waals surface area contributed by atoms with Crippen molar-refractivity contribution < 1.29 is 13.2 Å². The smallest absolute Gasteiger partial charge is 0.251 e. The number of hydrogen-bond acceptors (Lipinski definition) is 3. The van der Waals surface area contributed by atoms with Crippen LogP contribution in [0.4, 0.5) is 5.69 Å². The Kier molecular flexibility index (Phi) is 6.20. The topological polar surface area (TPSA) is 75.3 Å². The highest BCUT2D eigenvalue weighted by Crippen LogP contribution is 2.20. The summed E-state index contributed by atoms with van der Waals surface area (Å²) in [5, 5.41) is 2.94. The monoisotopic (exact) mass is 360 g/mol. The standard InChI is InChI=1S/C19H24N2O3S/c1-4-15(16-8-6-5-7-9-16)13-20-19(22)17-11-10-14(2)18(12-17)21-25(3,23)24/h5-12,15,21H,4,13H2,1-3H3,(H,20,22). The van der Waals surface area contributed by atoms with E-state index in [1.165, 1.54) is 5.56 Å². The van der Waals surface area contributed by atoms with Crippen LogP contribution in [0, 0.1) is 6.92 Å². The third-order valence-corrected chi connectivity index (χ3v) is 4.66. The van der Waals surface area contributed by atoms with Gasteiger partial charge >= 0.3 is 0 Å². The van der Waals surface area contributed by atoms with E-state index in [1.807, 2.05) is 18.2 Å². The molecule has 0 radical (unpaired) electrons. The van der Waals surface area contributed by atoms with Crippen LogP contribution in [0.5, 0.6) is 0 Å². The molecule has 1 atom stereocenters. The van der Waals surface area contributed by atoms with Crippen LogP contribution in [0.3, 0.4) is 0 Å². The van der Waals surface area contributed by atoms with Crippen LogP contribution in [0.15, 0.2) is 48.5 Å². The molecule has 0 heterocycles. The summed E-state index contributed by atoms with van der Waals surface area (Å²) in [6.45, 7) is 4.41. The number of nitrogens with one attached hydrogen (secondary N) is 2.